The number of pyridine rings is 1. The third kappa shape index (κ3) is 6.12. The quantitative estimate of drug-likeness (QED) is 0.163. The number of benzene rings is 1. The fourth-order valence-corrected chi connectivity index (χ4v) is 3.66. The van der Waals surface area contributed by atoms with Crippen molar-refractivity contribution in [1.29, 1.82) is 0 Å². The van der Waals surface area contributed by atoms with Crippen LogP contribution < -0.4 is 10.6 Å². The summed E-state index contributed by atoms with van der Waals surface area (Å²) in [6.45, 7) is 0.921. The molecule has 4 rings (SSSR count). The topological polar surface area (TPSA) is 110 Å². The molecule has 0 aliphatic heterocycles. The number of non-ortho nitro benzene ring substituents is 1. The Bertz CT molecular complexity index is 1030. The van der Waals surface area contributed by atoms with Gasteiger partial charge < -0.3 is 10.6 Å². The lowest BCUT2D eigenvalue weighted by atomic mass is 9.96. The van der Waals surface area contributed by atoms with Gasteiger partial charge in [0.1, 0.15) is 0 Å². The molecule has 0 atom stereocenters. The lowest BCUT2D eigenvalue weighted by Gasteiger charge is -2.25. The van der Waals surface area contributed by atoms with Gasteiger partial charge in [-0.1, -0.05) is 37.5 Å². The Morgan fingerprint density at radius 1 is 1.13 bits per heavy atom. The second kappa shape index (κ2) is 11.0. The Labute approximate surface area is 197 Å². The number of guanidine groups is 1. The molecule has 0 saturated heterocycles. The highest BCUT2D eigenvalue weighted by Crippen LogP contribution is 2.17. The van der Waals surface area contributed by atoms with Crippen LogP contribution in [0.3, 0.4) is 0 Å². The second-order valence-electron chi connectivity index (χ2n) is 7.47. The largest absolute Gasteiger partial charge is 0.354 e. The number of nitrogens with one attached hydrogen (secondary N) is 2. The number of hydrogen-bond donors (Lipinski definition) is 2. The molecule has 0 bridgehead atoms. The fourth-order valence-electron chi connectivity index (χ4n) is 3.66. The number of aromatic nitrogens is 3. The number of nitro groups is 1. The highest BCUT2D eigenvalue weighted by Gasteiger charge is 2.15. The number of hydrogen-bond acceptors (Lipinski definition) is 5. The van der Waals surface area contributed by atoms with Gasteiger partial charge in [-0.25, -0.2) is 4.99 Å². The molecule has 0 amide bonds. The second-order valence-corrected chi connectivity index (χ2v) is 7.47. The van der Waals surface area contributed by atoms with Crippen molar-refractivity contribution in [2.24, 2.45) is 4.99 Å². The Hall–Kier alpha value is -2.76. The molecule has 31 heavy (non-hydrogen) atoms. The highest BCUT2D eigenvalue weighted by molar-refractivity contribution is 14.0. The zero-order valence-corrected chi connectivity index (χ0v) is 19.4. The van der Waals surface area contributed by atoms with E-state index in [-0.39, 0.29) is 29.7 Å². The van der Waals surface area contributed by atoms with E-state index in [9.17, 15) is 10.1 Å². The van der Waals surface area contributed by atoms with E-state index in [0.29, 0.717) is 25.1 Å². The first kappa shape index (κ1) is 22.9. The minimum absolute atomic E-state index is 0. The summed E-state index contributed by atoms with van der Waals surface area (Å²) in [5.41, 5.74) is 1.80. The van der Waals surface area contributed by atoms with Crippen molar-refractivity contribution >= 4 is 41.3 Å². The number of aliphatic imine (C=N–C) groups is 1. The zero-order valence-electron chi connectivity index (χ0n) is 17.1. The van der Waals surface area contributed by atoms with Crippen LogP contribution in [-0.2, 0) is 13.1 Å². The molecule has 1 aromatic carbocycles. The maximum Gasteiger partial charge on any atom is 0.269 e. The molecule has 0 radical (unpaired) electrons. The summed E-state index contributed by atoms with van der Waals surface area (Å²) in [6.07, 6.45) is 7.93. The van der Waals surface area contributed by atoms with Crippen LogP contribution in [0, 0.1) is 10.1 Å². The number of fused-ring (bicyclic) bond motifs is 1. The van der Waals surface area contributed by atoms with E-state index in [1.165, 1.54) is 31.4 Å². The lowest BCUT2D eigenvalue weighted by molar-refractivity contribution is -0.384. The molecule has 0 spiro atoms. The molecule has 0 unspecified atom stereocenters. The standard InChI is InChI=1S/C21H25N7O2.HI/c29-28(30)18-11-9-16(10-12-18)14-22-21(24-17-6-2-1-3-7-17)23-15-20-26-25-19-8-4-5-13-27(19)20;/h4-5,8-13,17H,1-3,6-7,14-15H2,(H2,22,23,24);1H. The van der Waals surface area contributed by atoms with E-state index in [1.54, 1.807) is 12.1 Å². The number of halogens is 1. The van der Waals surface area contributed by atoms with Gasteiger partial charge in [0.15, 0.2) is 17.4 Å². The van der Waals surface area contributed by atoms with Crippen LogP contribution >= 0.6 is 24.0 Å². The van der Waals surface area contributed by atoms with E-state index >= 15 is 0 Å². The Morgan fingerprint density at radius 2 is 1.90 bits per heavy atom. The predicted molar refractivity (Wildman–Crippen MR) is 129 cm³/mol. The van der Waals surface area contributed by atoms with Gasteiger partial charge in [-0.15, -0.1) is 34.2 Å². The summed E-state index contributed by atoms with van der Waals surface area (Å²) in [6, 6.07) is 12.7. The summed E-state index contributed by atoms with van der Waals surface area (Å²) in [7, 11) is 0. The van der Waals surface area contributed by atoms with Crippen molar-refractivity contribution in [1.82, 2.24) is 25.2 Å². The molecule has 1 aliphatic carbocycles. The Balaban J connectivity index is 0.00000272. The van der Waals surface area contributed by atoms with Gasteiger partial charge in [-0.2, -0.15) is 0 Å². The molecular weight excluding hydrogens is 509 g/mol. The third-order valence-corrected chi connectivity index (χ3v) is 5.31. The SMILES string of the molecule is I.O=[N+]([O-])c1ccc(CN=C(NCc2nnc3ccccn23)NC2CCCCC2)cc1. The van der Waals surface area contributed by atoms with Crippen molar-refractivity contribution < 1.29 is 4.92 Å². The van der Waals surface area contributed by atoms with E-state index in [2.05, 4.69) is 20.8 Å². The van der Waals surface area contributed by atoms with Crippen molar-refractivity contribution in [3.05, 3.63) is 70.2 Å². The normalized spacial score (nSPS) is 14.8. The zero-order chi connectivity index (χ0) is 20.8. The van der Waals surface area contributed by atoms with Crippen LogP contribution in [0.4, 0.5) is 5.69 Å². The van der Waals surface area contributed by atoms with Gasteiger partial charge in [0.25, 0.3) is 5.69 Å². The van der Waals surface area contributed by atoms with Crippen molar-refractivity contribution in [3.8, 4) is 0 Å². The van der Waals surface area contributed by atoms with E-state index < -0.39 is 4.92 Å². The summed E-state index contributed by atoms with van der Waals surface area (Å²) >= 11 is 0. The maximum absolute atomic E-state index is 10.8. The number of nitro benzene ring substituents is 1. The molecule has 3 aromatic rings. The van der Waals surface area contributed by atoms with Crippen molar-refractivity contribution in [2.45, 2.75) is 51.2 Å². The molecule has 1 saturated carbocycles. The monoisotopic (exact) mass is 535 g/mol. The predicted octanol–water partition coefficient (Wildman–Crippen LogP) is 3.82. The molecule has 2 N–H and O–H groups in total. The average Bonchev–Trinajstić information content (AvgIpc) is 3.20. The van der Waals surface area contributed by atoms with Gasteiger partial charge in [0, 0.05) is 24.4 Å². The molecule has 10 heteroatoms. The minimum atomic E-state index is -0.395. The minimum Gasteiger partial charge on any atom is -0.354 e. The van der Waals surface area contributed by atoms with Gasteiger partial charge in [-0.05, 0) is 30.5 Å². The summed E-state index contributed by atoms with van der Waals surface area (Å²) in [4.78, 5) is 15.1. The van der Waals surface area contributed by atoms with E-state index in [4.69, 9.17) is 4.99 Å². The van der Waals surface area contributed by atoms with Gasteiger partial charge in [-0.3, -0.25) is 14.5 Å². The fraction of sp³-hybridized carbons (Fsp3) is 0.381. The van der Waals surface area contributed by atoms with Crippen LogP contribution in [0.5, 0.6) is 0 Å². The third-order valence-electron chi connectivity index (χ3n) is 5.31. The van der Waals surface area contributed by atoms with Gasteiger partial charge in [0.05, 0.1) is 18.0 Å². The first-order valence-corrected chi connectivity index (χ1v) is 10.3. The van der Waals surface area contributed by atoms with Crippen molar-refractivity contribution in [2.75, 3.05) is 0 Å². The molecular formula is C21H26IN7O2. The van der Waals surface area contributed by atoms with Crippen LogP contribution in [0.2, 0.25) is 0 Å². The van der Waals surface area contributed by atoms with Gasteiger partial charge in [0.2, 0.25) is 0 Å². The first-order valence-electron chi connectivity index (χ1n) is 10.3. The van der Waals surface area contributed by atoms with E-state index in [0.717, 1.165) is 29.9 Å². The smallest absolute Gasteiger partial charge is 0.269 e. The maximum atomic E-state index is 10.8. The molecule has 164 valence electrons. The molecule has 1 aliphatic rings. The summed E-state index contributed by atoms with van der Waals surface area (Å²) < 4.78 is 1.95. The lowest BCUT2D eigenvalue weighted by Crippen LogP contribution is -2.44. The highest BCUT2D eigenvalue weighted by atomic mass is 127. The van der Waals surface area contributed by atoms with E-state index in [1.807, 2.05) is 28.8 Å². The van der Waals surface area contributed by atoms with Crippen LogP contribution in [0.15, 0.2) is 53.7 Å². The Kier molecular flexibility index (Phi) is 8.15. The van der Waals surface area contributed by atoms with Crippen molar-refractivity contribution in [3.63, 3.8) is 0 Å². The first-order chi connectivity index (χ1) is 14.7. The van der Waals surface area contributed by atoms with Crippen LogP contribution in [0.1, 0.15) is 43.5 Å². The summed E-state index contributed by atoms with van der Waals surface area (Å²) in [5.74, 6) is 1.52. The number of nitrogens with zero attached hydrogens (tertiary/aromatic N) is 5. The molecule has 2 aromatic heterocycles. The van der Waals surface area contributed by atoms with Gasteiger partial charge >= 0.3 is 0 Å². The molecule has 9 nitrogen and oxygen atoms in total. The van der Waals surface area contributed by atoms with Crippen LogP contribution in [0.25, 0.3) is 5.65 Å². The molecule has 1 fully saturated rings. The van der Waals surface area contributed by atoms with Crippen LogP contribution in [-0.4, -0.2) is 31.5 Å². The Morgan fingerprint density at radius 3 is 2.65 bits per heavy atom. The summed E-state index contributed by atoms with van der Waals surface area (Å²) in [5, 5.41) is 26.2. The average molecular weight is 535 g/mol. The molecule has 2 heterocycles. The number of rotatable bonds is 6.